The summed E-state index contributed by atoms with van der Waals surface area (Å²) in [5, 5.41) is 3.63. The molecule has 0 bridgehead atoms. The second kappa shape index (κ2) is 14.0. The highest BCUT2D eigenvalue weighted by atomic mass is 35.5. The molecule has 0 aliphatic heterocycles. The summed E-state index contributed by atoms with van der Waals surface area (Å²) in [6, 6.07) is 14.3. The number of nitrogens with zero attached hydrogens (tertiary/aromatic N) is 2. The van der Waals surface area contributed by atoms with E-state index >= 15 is 0 Å². The maximum absolute atomic E-state index is 13.6. The molecule has 2 aromatic carbocycles. The molecule has 0 radical (unpaired) electrons. The normalized spacial score (nSPS) is 15.1. The number of halogens is 1. The standard InChI is InChI=1S/C29H40ClN3O4S/c1-4-26(29(35)31-25-14-9-6-10-15-25)32(21-23-12-7-5-8-13-23)28(34)16-11-19-33(38(3,36)37)27-20-24(30)18-17-22(27)2/h5,7-8,12-13,17-18,20,25-26H,4,6,9-11,14-16,19,21H2,1-3H3,(H,31,35). The number of nitrogens with one attached hydrogen (secondary N) is 1. The van der Waals surface area contributed by atoms with Crippen molar-refractivity contribution in [1.82, 2.24) is 10.2 Å². The van der Waals surface area contributed by atoms with Gasteiger partial charge in [-0.25, -0.2) is 8.42 Å². The Morgan fingerprint density at radius 3 is 2.39 bits per heavy atom. The number of amides is 2. The van der Waals surface area contributed by atoms with Gasteiger partial charge in [-0.2, -0.15) is 0 Å². The van der Waals surface area contributed by atoms with Gasteiger partial charge in [0.25, 0.3) is 0 Å². The van der Waals surface area contributed by atoms with E-state index in [0.717, 1.165) is 43.1 Å². The Hall–Kier alpha value is -2.58. The van der Waals surface area contributed by atoms with E-state index in [0.29, 0.717) is 30.1 Å². The first-order chi connectivity index (χ1) is 18.1. The smallest absolute Gasteiger partial charge is 0.243 e. The largest absolute Gasteiger partial charge is 0.352 e. The van der Waals surface area contributed by atoms with E-state index in [4.69, 9.17) is 11.6 Å². The van der Waals surface area contributed by atoms with Crippen molar-refractivity contribution in [2.45, 2.75) is 83.8 Å². The van der Waals surface area contributed by atoms with Crippen LogP contribution in [0.25, 0.3) is 0 Å². The van der Waals surface area contributed by atoms with Crippen molar-refractivity contribution in [3.05, 3.63) is 64.7 Å². The molecule has 208 valence electrons. The molecule has 1 fully saturated rings. The maximum Gasteiger partial charge on any atom is 0.243 e. The van der Waals surface area contributed by atoms with Crippen LogP contribution in [-0.2, 0) is 26.2 Å². The molecule has 2 amide bonds. The number of sulfonamides is 1. The summed E-state index contributed by atoms with van der Waals surface area (Å²) in [6.45, 7) is 4.20. The van der Waals surface area contributed by atoms with Crippen LogP contribution in [0.4, 0.5) is 5.69 Å². The molecule has 0 aromatic heterocycles. The van der Waals surface area contributed by atoms with Crippen molar-refractivity contribution in [3.63, 3.8) is 0 Å². The van der Waals surface area contributed by atoms with Crippen LogP contribution in [0.5, 0.6) is 0 Å². The van der Waals surface area contributed by atoms with Crippen LogP contribution in [-0.4, -0.2) is 50.0 Å². The first-order valence-corrected chi connectivity index (χ1v) is 15.7. The molecule has 3 rings (SSSR count). The molecule has 1 atom stereocenters. The first-order valence-electron chi connectivity index (χ1n) is 13.5. The third-order valence-corrected chi connectivity index (χ3v) is 8.54. The molecule has 38 heavy (non-hydrogen) atoms. The van der Waals surface area contributed by atoms with Crippen LogP contribution >= 0.6 is 11.6 Å². The Morgan fingerprint density at radius 2 is 1.76 bits per heavy atom. The van der Waals surface area contributed by atoms with Gasteiger partial charge in [-0.15, -0.1) is 0 Å². The summed E-state index contributed by atoms with van der Waals surface area (Å²) < 4.78 is 26.5. The summed E-state index contributed by atoms with van der Waals surface area (Å²) in [6.07, 6.45) is 7.43. The number of hydrogen-bond donors (Lipinski definition) is 1. The van der Waals surface area contributed by atoms with Crippen LogP contribution in [0.1, 0.15) is 69.4 Å². The molecule has 0 heterocycles. The lowest BCUT2D eigenvalue weighted by Crippen LogP contribution is -2.51. The predicted molar refractivity (Wildman–Crippen MR) is 154 cm³/mol. The van der Waals surface area contributed by atoms with Crippen molar-refractivity contribution in [1.29, 1.82) is 0 Å². The number of aryl methyl sites for hydroxylation is 1. The molecule has 9 heteroatoms. The minimum atomic E-state index is -3.59. The molecule has 1 aliphatic rings. The van der Waals surface area contributed by atoms with Crippen molar-refractivity contribution >= 4 is 39.1 Å². The SMILES string of the molecule is CCC(C(=O)NC1CCCCC1)N(Cc1ccccc1)C(=O)CCCN(c1cc(Cl)ccc1C)S(C)(=O)=O. The van der Waals surface area contributed by atoms with Gasteiger partial charge in [-0.3, -0.25) is 13.9 Å². The Labute approximate surface area is 232 Å². The van der Waals surface area contributed by atoms with Gasteiger partial charge >= 0.3 is 0 Å². The Balaban J connectivity index is 1.75. The summed E-state index contributed by atoms with van der Waals surface area (Å²) in [5.41, 5.74) is 2.23. The van der Waals surface area contributed by atoms with Crippen LogP contribution in [0.15, 0.2) is 48.5 Å². The van der Waals surface area contributed by atoms with E-state index in [-0.39, 0.29) is 30.8 Å². The minimum Gasteiger partial charge on any atom is -0.352 e. The summed E-state index contributed by atoms with van der Waals surface area (Å²) in [7, 11) is -3.59. The van der Waals surface area contributed by atoms with Crippen molar-refractivity contribution < 1.29 is 18.0 Å². The number of rotatable bonds is 12. The van der Waals surface area contributed by atoms with Gasteiger partial charge in [0.1, 0.15) is 6.04 Å². The molecule has 1 N–H and O–H groups in total. The van der Waals surface area contributed by atoms with Gasteiger partial charge < -0.3 is 10.2 Å². The minimum absolute atomic E-state index is 0.115. The first kappa shape index (κ1) is 30.0. The molecule has 0 saturated heterocycles. The lowest BCUT2D eigenvalue weighted by Gasteiger charge is -2.33. The number of carbonyl (C=O) groups is 2. The quantitative estimate of drug-likeness (QED) is 0.373. The second-order valence-corrected chi connectivity index (χ2v) is 12.5. The summed E-state index contributed by atoms with van der Waals surface area (Å²) in [4.78, 5) is 28.6. The number of carbonyl (C=O) groups excluding carboxylic acids is 2. The lowest BCUT2D eigenvalue weighted by molar-refractivity contribution is -0.141. The van der Waals surface area contributed by atoms with E-state index in [1.807, 2.05) is 44.2 Å². The highest BCUT2D eigenvalue weighted by Gasteiger charge is 2.30. The lowest BCUT2D eigenvalue weighted by atomic mass is 9.95. The van der Waals surface area contributed by atoms with Gasteiger partial charge in [0.05, 0.1) is 11.9 Å². The van der Waals surface area contributed by atoms with E-state index in [1.54, 1.807) is 23.1 Å². The molecular formula is C29H40ClN3O4S. The molecule has 7 nitrogen and oxygen atoms in total. The molecule has 1 aliphatic carbocycles. The van der Waals surface area contributed by atoms with Gasteiger partial charge in [0.15, 0.2) is 0 Å². The molecular weight excluding hydrogens is 522 g/mol. The van der Waals surface area contributed by atoms with Crippen molar-refractivity contribution in [3.8, 4) is 0 Å². The van der Waals surface area contributed by atoms with Gasteiger partial charge in [-0.1, -0.05) is 74.2 Å². The average molecular weight is 562 g/mol. The van der Waals surface area contributed by atoms with Crippen LogP contribution in [0, 0.1) is 6.92 Å². The fraction of sp³-hybridized carbons (Fsp3) is 0.517. The number of anilines is 1. The van der Waals surface area contributed by atoms with Crippen LogP contribution in [0.3, 0.4) is 0 Å². The zero-order chi connectivity index (χ0) is 27.7. The summed E-state index contributed by atoms with van der Waals surface area (Å²) >= 11 is 6.14. The van der Waals surface area contributed by atoms with E-state index in [2.05, 4.69) is 5.32 Å². The molecule has 1 unspecified atom stereocenters. The molecule has 1 saturated carbocycles. The van der Waals surface area contributed by atoms with E-state index in [1.165, 1.54) is 10.7 Å². The topological polar surface area (TPSA) is 86.8 Å². The number of benzene rings is 2. The predicted octanol–water partition coefficient (Wildman–Crippen LogP) is 5.45. The monoisotopic (exact) mass is 561 g/mol. The zero-order valence-electron chi connectivity index (χ0n) is 22.7. The van der Waals surface area contributed by atoms with Gasteiger partial charge in [0, 0.05) is 30.6 Å². The third kappa shape index (κ3) is 8.46. The van der Waals surface area contributed by atoms with Crippen LogP contribution < -0.4 is 9.62 Å². The summed E-state index contributed by atoms with van der Waals surface area (Å²) in [5.74, 6) is -0.285. The Morgan fingerprint density at radius 1 is 1.08 bits per heavy atom. The van der Waals surface area contributed by atoms with E-state index < -0.39 is 16.1 Å². The van der Waals surface area contributed by atoms with Crippen molar-refractivity contribution in [2.75, 3.05) is 17.1 Å². The van der Waals surface area contributed by atoms with Gasteiger partial charge in [-0.05, 0) is 55.9 Å². The number of hydrogen-bond acceptors (Lipinski definition) is 4. The van der Waals surface area contributed by atoms with E-state index in [9.17, 15) is 18.0 Å². The third-order valence-electron chi connectivity index (χ3n) is 7.13. The highest BCUT2D eigenvalue weighted by Crippen LogP contribution is 2.27. The average Bonchev–Trinajstić information content (AvgIpc) is 2.88. The maximum atomic E-state index is 13.6. The Kier molecular flexibility index (Phi) is 11.0. The highest BCUT2D eigenvalue weighted by molar-refractivity contribution is 7.92. The Bertz CT molecular complexity index is 1180. The van der Waals surface area contributed by atoms with Gasteiger partial charge in [0.2, 0.25) is 21.8 Å². The van der Waals surface area contributed by atoms with Crippen molar-refractivity contribution in [2.24, 2.45) is 0 Å². The van der Waals surface area contributed by atoms with Crippen LogP contribution in [0.2, 0.25) is 5.02 Å². The fourth-order valence-electron chi connectivity index (χ4n) is 5.08. The second-order valence-electron chi connectivity index (χ2n) is 10.1. The zero-order valence-corrected chi connectivity index (χ0v) is 24.2. The molecule has 2 aromatic rings. The molecule has 0 spiro atoms. The fourth-order valence-corrected chi connectivity index (χ4v) is 6.26.